The van der Waals surface area contributed by atoms with Gasteiger partial charge in [-0.3, -0.25) is 0 Å². The Labute approximate surface area is 132 Å². The van der Waals surface area contributed by atoms with E-state index < -0.39 is 0 Å². The summed E-state index contributed by atoms with van der Waals surface area (Å²) in [6.45, 7) is 0. The second kappa shape index (κ2) is 6.61. The standard InChI is InChI=1S/C16H13ClN2OS/c17-10-13-11-21-16(19-13)18-12-6-8-15(9-7-12)20-14-4-2-1-3-5-14/h1-9,11H,10H2,(H,18,19). The Morgan fingerprint density at radius 1 is 1.00 bits per heavy atom. The van der Waals surface area contributed by atoms with Crippen LogP contribution in [0, 0.1) is 0 Å². The Morgan fingerprint density at radius 3 is 2.38 bits per heavy atom. The molecule has 3 aromatic rings. The molecular formula is C16H13ClN2OS. The van der Waals surface area contributed by atoms with E-state index in [-0.39, 0.29) is 0 Å². The van der Waals surface area contributed by atoms with Crippen LogP contribution >= 0.6 is 22.9 Å². The third-order valence-electron chi connectivity index (χ3n) is 2.77. The molecule has 0 saturated carbocycles. The first-order valence-corrected chi connectivity index (χ1v) is 7.85. The molecular weight excluding hydrogens is 304 g/mol. The predicted molar refractivity (Wildman–Crippen MR) is 87.9 cm³/mol. The highest BCUT2D eigenvalue weighted by atomic mass is 35.5. The molecule has 0 saturated heterocycles. The van der Waals surface area contributed by atoms with Crippen LogP contribution in [0.15, 0.2) is 60.0 Å². The molecule has 0 spiro atoms. The number of benzene rings is 2. The average Bonchev–Trinajstić information content (AvgIpc) is 2.98. The number of nitrogens with one attached hydrogen (secondary N) is 1. The van der Waals surface area contributed by atoms with Gasteiger partial charge in [-0.1, -0.05) is 18.2 Å². The summed E-state index contributed by atoms with van der Waals surface area (Å²) in [6.07, 6.45) is 0. The van der Waals surface area contributed by atoms with Gasteiger partial charge >= 0.3 is 0 Å². The van der Waals surface area contributed by atoms with Crippen molar-refractivity contribution in [2.45, 2.75) is 5.88 Å². The average molecular weight is 317 g/mol. The Hall–Kier alpha value is -2.04. The van der Waals surface area contributed by atoms with E-state index in [9.17, 15) is 0 Å². The van der Waals surface area contributed by atoms with Crippen LogP contribution in [0.5, 0.6) is 11.5 Å². The van der Waals surface area contributed by atoms with Gasteiger partial charge in [0.05, 0.1) is 11.6 Å². The fourth-order valence-corrected chi connectivity index (χ4v) is 2.74. The molecule has 1 aromatic heterocycles. The van der Waals surface area contributed by atoms with Crippen molar-refractivity contribution in [3.05, 3.63) is 65.7 Å². The molecule has 0 bridgehead atoms. The SMILES string of the molecule is ClCc1csc(Nc2ccc(Oc3ccccc3)cc2)n1. The van der Waals surface area contributed by atoms with E-state index in [0.717, 1.165) is 28.0 Å². The fourth-order valence-electron chi connectivity index (χ4n) is 1.78. The molecule has 2 aromatic carbocycles. The topological polar surface area (TPSA) is 34.1 Å². The zero-order chi connectivity index (χ0) is 14.5. The molecule has 0 fully saturated rings. The molecule has 3 rings (SSSR count). The van der Waals surface area contributed by atoms with Crippen LogP contribution in [0.1, 0.15) is 5.69 Å². The third-order valence-corrected chi connectivity index (χ3v) is 3.85. The highest BCUT2D eigenvalue weighted by Crippen LogP contribution is 2.25. The number of alkyl halides is 1. The van der Waals surface area contributed by atoms with Crippen LogP contribution in [-0.4, -0.2) is 4.98 Å². The monoisotopic (exact) mass is 316 g/mol. The lowest BCUT2D eigenvalue weighted by atomic mass is 10.3. The smallest absolute Gasteiger partial charge is 0.187 e. The zero-order valence-corrected chi connectivity index (χ0v) is 12.7. The molecule has 0 aliphatic rings. The molecule has 0 radical (unpaired) electrons. The fraction of sp³-hybridized carbons (Fsp3) is 0.0625. The van der Waals surface area contributed by atoms with Gasteiger partial charge in [0.1, 0.15) is 11.5 Å². The van der Waals surface area contributed by atoms with Crippen molar-refractivity contribution in [2.75, 3.05) is 5.32 Å². The van der Waals surface area contributed by atoms with Gasteiger partial charge in [-0.15, -0.1) is 22.9 Å². The van der Waals surface area contributed by atoms with Crippen molar-refractivity contribution < 1.29 is 4.74 Å². The second-order valence-corrected chi connectivity index (χ2v) is 5.47. The molecule has 3 nitrogen and oxygen atoms in total. The number of rotatable bonds is 5. The first-order valence-electron chi connectivity index (χ1n) is 6.44. The van der Waals surface area contributed by atoms with Gasteiger partial charge < -0.3 is 10.1 Å². The van der Waals surface area contributed by atoms with E-state index in [1.807, 2.05) is 60.0 Å². The van der Waals surface area contributed by atoms with E-state index in [1.165, 1.54) is 11.3 Å². The summed E-state index contributed by atoms with van der Waals surface area (Å²) >= 11 is 7.28. The molecule has 106 valence electrons. The molecule has 0 atom stereocenters. The summed E-state index contributed by atoms with van der Waals surface area (Å²) in [7, 11) is 0. The van der Waals surface area contributed by atoms with Crippen LogP contribution in [0.4, 0.5) is 10.8 Å². The van der Waals surface area contributed by atoms with Crippen molar-refractivity contribution in [2.24, 2.45) is 0 Å². The van der Waals surface area contributed by atoms with E-state index >= 15 is 0 Å². The van der Waals surface area contributed by atoms with Crippen molar-refractivity contribution in [3.63, 3.8) is 0 Å². The van der Waals surface area contributed by atoms with Crippen LogP contribution < -0.4 is 10.1 Å². The Morgan fingerprint density at radius 2 is 1.71 bits per heavy atom. The number of para-hydroxylation sites is 1. The minimum atomic E-state index is 0.433. The van der Waals surface area contributed by atoms with E-state index in [1.54, 1.807) is 0 Å². The number of ether oxygens (including phenoxy) is 1. The highest BCUT2D eigenvalue weighted by Gasteiger charge is 2.02. The van der Waals surface area contributed by atoms with Crippen LogP contribution in [0.3, 0.4) is 0 Å². The Balaban J connectivity index is 1.66. The molecule has 0 aliphatic heterocycles. The number of thiazole rings is 1. The number of aromatic nitrogens is 1. The lowest BCUT2D eigenvalue weighted by Gasteiger charge is -2.07. The number of nitrogens with zero attached hydrogens (tertiary/aromatic N) is 1. The van der Waals surface area contributed by atoms with Gasteiger partial charge in [0.2, 0.25) is 0 Å². The van der Waals surface area contributed by atoms with E-state index in [0.29, 0.717) is 5.88 Å². The summed E-state index contributed by atoms with van der Waals surface area (Å²) in [5.41, 5.74) is 1.85. The summed E-state index contributed by atoms with van der Waals surface area (Å²) < 4.78 is 5.75. The molecule has 0 aliphatic carbocycles. The lowest BCUT2D eigenvalue weighted by Crippen LogP contribution is -1.90. The number of hydrogen-bond donors (Lipinski definition) is 1. The normalized spacial score (nSPS) is 10.3. The van der Waals surface area contributed by atoms with Gasteiger partial charge in [0, 0.05) is 11.1 Å². The minimum Gasteiger partial charge on any atom is -0.457 e. The summed E-state index contributed by atoms with van der Waals surface area (Å²) in [6, 6.07) is 17.5. The van der Waals surface area contributed by atoms with Gasteiger partial charge in [-0.2, -0.15) is 0 Å². The minimum absolute atomic E-state index is 0.433. The first-order chi connectivity index (χ1) is 10.3. The Bertz CT molecular complexity index is 698. The molecule has 0 amide bonds. The zero-order valence-electron chi connectivity index (χ0n) is 11.1. The van der Waals surface area contributed by atoms with Crippen LogP contribution in [-0.2, 0) is 5.88 Å². The lowest BCUT2D eigenvalue weighted by molar-refractivity contribution is 0.483. The third kappa shape index (κ3) is 3.74. The molecule has 21 heavy (non-hydrogen) atoms. The van der Waals surface area contributed by atoms with Crippen LogP contribution in [0.2, 0.25) is 0 Å². The number of halogens is 1. The largest absolute Gasteiger partial charge is 0.457 e. The van der Waals surface area contributed by atoms with Gasteiger partial charge in [0.25, 0.3) is 0 Å². The maximum Gasteiger partial charge on any atom is 0.187 e. The highest BCUT2D eigenvalue weighted by molar-refractivity contribution is 7.13. The molecule has 1 heterocycles. The van der Waals surface area contributed by atoms with E-state index in [2.05, 4.69) is 10.3 Å². The first kappa shape index (κ1) is 13.9. The van der Waals surface area contributed by atoms with Gasteiger partial charge in [-0.25, -0.2) is 4.98 Å². The van der Waals surface area contributed by atoms with Crippen molar-refractivity contribution in [1.82, 2.24) is 4.98 Å². The van der Waals surface area contributed by atoms with Crippen molar-refractivity contribution in [1.29, 1.82) is 0 Å². The predicted octanol–water partition coefficient (Wildman–Crippen LogP) is 5.42. The molecule has 1 N–H and O–H groups in total. The summed E-state index contributed by atoms with van der Waals surface area (Å²) in [5, 5.41) is 6.03. The maximum absolute atomic E-state index is 5.75. The van der Waals surface area contributed by atoms with Crippen molar-refractivity contribution in [3.8, 4) is 11.5 Å². The number of anilines is 2. The molecule has 0 unspecified atom stereocenters. The Kier molecular flexibility index (Phi) is 4.38. The quantitative estimate of drug-likeness (QED) is 0.638. The molecule has 5 heteroatoms. The second-order valence-electron chi connectivity index (χ2n) is 4.34. The maximum atomic E-state index is 5.75. The van der Waals surface area contributed by atoms with Gasteiger partial charge in [0.15, 0.2) is 5.13 Å². The summed E-state index contributed by atoms with van der Waals surface area (Å²) in [5.74, 6) is 2.06. The van der Waals surface area contributed by atoms with Crippen molar-refractivity contribution >= 4 is 33.8 Å². The van der Waals surface area contributed by atoms with Crippen LogP contribution in [0.25, 0.3) is 0 Å². The number of hydrogen-bond acceptors (Lipinski definition) is 4. The van der Waals surface area contributed by atoms with Gasteiger partial charge in [-0.05, 0) is 36.4 Å². The van der Waals surface area contributed by atoms with E-state index in [4.69, 9.17) is 16.3 Å². The summed E-state index contributed by atoms with van der Waals surface area (Å²) in [4.78, 5) is 4.36.